The van der Waals surface area contributed by atoms with Gasteiger partial charge in [-0.05, 0) is 41.5 Å². The van der Waals surface area contributed by atoms with Crippen molar-refractivity contribution in [1.82, 2.24) is 21.2 Å². The van der Waals surface area contributed by atoms with Crippen molar-refractivity contribution >= 4 is 12.0 Å². The van der Waals surface area contributed by atoms with Crippen LogP contribution in [0.5, 0.6) is 0 Å². The molecule has 2 aromatic rings. The number of hydrogen-bond acceptors (Lipinski definition) is 4. The summed E-state index contributed by atoms with van der Waals surface area (Å²) in [5.41, 5.74) is 8.19. The summed E-state index contributed by atoms with van der Waals surface area (Å²) in [5.74, 6) is -0.342. The summed E-state index contributed by atoms with van der Waals surface area (Å²) in [6.07, 6.45) is 6.42. The Morgan fingerprint density at radius 2 is 1.88 bits per heavy atom. The molecule has 1 saturated heterocycles. The van der Waals surface area contributed by atoms with Gasteiger partial charge in [0.05, 0.1) is 12.2 Å². The van der Waals surface area contributed by atoms with Crippen LogP contribution in [-0.4, -0.2) is 17.1 Å². The average molecular weight is 326 g/mol. The van der Waals surface area contributed by atoms with Crippen molar-refractivity contribution in [2.24, 2.45) is 5.92 Å². The van der Waals surface area contributed by atoms with Gasteiger partial charge in [-0.25, -0.2) is 15.2 Å². The molecule has 5 nitrogen and oxygen atoms in total. The maximum absolute atomic E-state index is 12.9. The number of carbonyl (C=O) groups excluding carboxylic acids is 1. The summed E-state index contributed by atoms with van der Waals surface area (Å²) in [6, 6.07) is 9.97. The molecule has 24 heavy (non-hydrogen) atoms. The molecule has 124 valence electrons. The Bertz CT molecular complexity index is 718. The van der Waals surface area contributed by atoms with Crippen LogP contribution in [0.1, 0.15) is 24.1 Å². The van der Waals surface area contributed by atoms with E-state index in [1.807, 2.05) is 12.1 Å². The SMILES string of the molecule is CC1C(NC(=O)/C=C/c2ccc(F)cc2)NNC1c1ccncc1. The highest BCUT2D eigenvalue weighted by Gasteiger charge is 2.33. The number of benzene rings is 1. The summed E-state index contributed by atoms with van der Waals surface area (Å²) in [4.78, 5) is 16.1. The quantitative estimate of drug-likeness (QED) is 0.753. The second-order valence-corrected chi connectivity index (χ2v) is 5.78. The molecular weight excluding hydrogens is 307 g/mol. The summed E-state index contributed by atoms with van der Waals surface area (Å²) in [6.45, 7) is 2.06. The predicted molar refractivity (Wildman–Crippen MR) is 89.8 cm³/mol. The van der Waals surface area contributed by atoms with Crippen LogP contribution < -0.4 is 16.2 Å². The maximum atomic E-state index is 12.9. The summed E-state index contributed by atoms with van der Waals surface area (Å²) < 4.78 is 12.9. The van der Waals surface area contributed by atoms with Crippen LogP contribution in [0.4, 0.5) is 4.39 Å². The van der Waals surface area contributed by atoms with E-state index in [-0.39, 0.29) is 29.8 Å². The zero-order valence-corrected chi connectivity index (χ0v) is 13.2. The van der Waals surface area contributed by atoms with E-state index in [0.717, 1.165) is 11.1 Å². The van der Waals surface area contributed by atoms with Gasteiger partial charge in [0.2, 0.25) is 5.91 Å². The van der Waals surface area contributed by atoms with E-state index in [1.165, 1.54) is 18.2 Å². The van der Waals surface area contributed by atoms with Gasteiger partial charge in [0.25, 0.3) is 0 Å². The molecule has 1 aliphatic heterocycles. The molecule has 0 radical (unpaired) electrons. The average Bonchev–Trinajstić information content (AvgIpc) is 2.96. The molecule has 6 heteroatoms. The zero-order chi connectivity index (χ0) is 16.9. The van der Waals surface area contributed by atoms with E-state index in [0.29, 0.717) is 0 Å². The van der Waals surface area contributed by atoms with Gasteiger partial charge in [0, 0.05) is 24.4 Å². The van der Waals surface area contributed by atoms with Crippen LogP contribution in [0.3, 0.4) is 0 Å². The lowest BCUT2D eigenvalue weighted by Crippen LogP contribution is -2.45. The molecule has 1 fully saturated rings. The van der Waals surface area contributed by atoms with Gasteiger partial charge < -0.3 is 5.32 Å². The Morgan fingerprint density at radius 3 is 2.58 bits per heavy atom. The van der Waals surface area contributed by atoms with Crippen molar-refractivity contribution in [2.75, 3.05) is 0 Å². The van der Waals surface area contributed by atoms with Crippen molar-refractivity contribution in [3.8, 4) is 0 Å². The molecule has 1 aliphatic rings. The van der Waals surface area contributed by atoms with E-state index in [2.05, 4.69) is 28.1 Å². The minimum absolute atomic E-state index is 0.0966. The van der Waals surface area contributed by atoms with Gasteiger partial charge in [0.1, 0.15) is 5.82 Å². The highest BCUT2D eigenvalue weighted by atomic mass is 19.1. The predicted octanol–water partition coefficient (Wildman–Crippen LogP) is 2.16. The number of carbonyl (C=O) groups is 1. The number of nitrogens with zero attached hydrogens (tertiary/aromatic N) is 1. The van der Waals surface area contributed by atoms with Crippen molar-refractivity contribution in [3.05, 3.63) is 71.8 Å². The minimum atomic E-state index is -0.297. The van der Waals surface area contributed by atoms with Gasteiger partial charge in [-0.2, -0.15) is 0 Å². The molecule has 1 amide bonds. The lowest BCUT2D eigenvalue weighted by atomic mass is 9.95. The first-order valence-corrected chi connectivity index (χ1v) is 7.78. The third-order valence-corrected chi connectivity index (χ3v) is 4.11. The fourth-order valence-electron chi connectivity index (χ4n) is 2.71. The summed E-state index contributed by atoms with van der Waals surface area (Å²) in [7, 11) is 0. The lowest BCUT2D eigenvalue weighted by Gasteiger charge is -2.19. The third kappa shape index (κ3) is 3.84. The van der Waals surface area contributed by atoms with Crippen molar-refractivity contribution < 1.29 is 9.18 Å². The van der Waals surface area contributed by atoms with E-state index in [9.17, 15) is 9.18 Å². The van der Waals surface area contributed by atoms with Gasteiger partial charge in [-0.1, -0.05) is 19.1 Å². The lowest BCUT2D eigenvalue weighted by molar-refractivity contribution is -0.117. The molecule has 3 N–H and O–H groups in total. The van der Waals surface area contributed by atoms with Gasteiger partial charge in [-0.15, -0.1) is 0 Å². The second kappa shape index (κ2) is 7.33. The van der Waals surface area contributed by atoms with Crippen LogP contribution in [0, 0.1) is 11.7 Å². The topological polar surface area (TPSA) is 66.1 Å². The fourth-order valence-corrected chi connectivity index (χ4v) is 2.71. The first-order chi connectivity index (χ1) is 11.6. The molecule has 0 spiro atoms. The molecule has 0 bridgehead atoms. The minimum Gasteiger partial charge on any atom is -0.336 e. The maximum Gasteiger partial charge on any atom is 0.245 e. The molecule has 1 aromatic heterocycles. The van der Waals surface area contributed by atoms with Crippen molar-refractivity contribution in [2.45, 2.75) is 19.1 Å². The number of hydrazine groups is 1. The standard InChI is InChI=1S/C18H19FN4O/c1-12-17(14-8-10-20-11-9-14)22-23-18(12)21-16(24)7-4-13-2-5-15(19)6-3-13/h2-12,17-18,22-23H,1H3,(H,21,24)/b7-4+. The highest BCUT2D eigenvalue weighted by Crippen LogP contribution is 2.26. The molecule has 3 atom stereocenters. The van der Waals surface area contributed by atoms with E-state index < -0.39 is 0 Å². The first-order valence-electron chi connectivity index (χ1n) is 7.78. The summed E-state index contributed by atoms with van der Waals surface area (Å²) >= 11 is 0. The Kier molecular flexibility index (Phi) is 4.98. The molecule has 3 unspecified atom stereocenters. The van der Waals surface area contributed by atoms with Crippen LogP contribution in [-0.2, 0) is 4.79 Å². The second-order valence-electron chi connectivity index (χ2n) is 5.78. The fraction of sp³-hybridized carbons (Fsp3) is 0.222. The number of amides is 1. The Hall–Kier alpha value is -2.57. The Morgan fingerprint density at radius 1 is 1.17 bits per heavy atom. The number of rotatable bonds is 4. The monoisotopic (exact) mass is 326 g/mol. The number of hydrogen-bond donors (Lipinski definition) is 3. The van der Waals surface area contributed by atoms with Crippen LogP contribution in [0.25, 0.3) is 6.08 Å². The number of halogens is 1. The van der Waals surface area contributed by atoms with E-state index >= 15 is 0 Å². The van der Waals surface area contributed by atoms with Crippen LogP contribution in [0.2, 0.25) is 0 Å². The largest absolute Gasteiger partial charge is 0.336 e. The molecule has 0 aliphatic carbocycles. The van der Waals surface area contributed by atoms with E-state index in [4.69, 9.17) is 0 Å². The van der Waals surface area contributed by atoms with Gasteiger partial charge in [-0.3, -0.25) is 9.78 Å². The smallest absolute Gasteiger partial charge is 0.245 e. The molecule has 0 saturated carbocycles. The molecular formula is C18H19FN4O. The first kappa shape index (κ1) is 16.3. The van der Waals surface area contributed by atoms with Gasteiger partial charge >= 0.3 is 0 Å². The van der Waals surface area contributed by atoms with Crippen molar-refractivity contribution in [1.29, 1.82) is 0 Å². The highest BCUT2D eigenvalue weighted by molar-refractivity contribution is 5.91. The molecule has 1 aromatic carbocycles. The van der Waals surface area contributed by atoms with Crippen molar-refractivity contribution in [3.63, 3.8) is 0 Å². The molecule has 2 heterocycles. The third-order valence-electron chi connectivity index (χ3n) is 4.11. The Balaban J connectivity index is 1.58. The zero-order valence-electron chi connectivity index (χ0n) is 13.2. The number of aromatic nitrogens is 1. The summed E-state index contributed by atoms with van der Waals surface area (Å²) in [5, 5.41) is 2.92. The van der Waals surface area contributed by atoms with Gasteiger partial charge in [0.15, 0.2) is 0 Å². The normalized spacial score (nSPS) is 23.5. The van der Waals surface area contributed by atoms with E-state index in [1.54, 1.807) is 30.6 Å². The number of pyridine rings is 1. The molecule has 3 rings (SSSR count). The number of nitrogens with one attached hydrogen (secondary N) is 3. The van der Waals surface area contributed by atoms with Crippen LogP contribution in [0.15, 0.2) is 54.9 Å². The van der Waals surface area contributed by atoms with Crippen LogP contribution >= 0.6 is 0 Å². The Labute approximate surface area is 140 Å².